The molecule has 0 radical (unpaired) electrons. The first-order valence-corrected chi connectivity index (χ1v) is 23.3. The van der Waals surface area contributed by atoms with Gasteiger partial charge in [-0.2, -0.15) is 0 Å². The van der Waals surface area contributed by atoms with E-state index < -0.39 is 67.7 Å². The summed E-state index contributed by atoms with van der Waals surface area (Å²) in [5, 5.41) is 0. The fraction of sp³-hybridized carbons (Fsp3) is 0.357. The second kappa shape index (κ2) is 24.9. The van der Waals surface area contributed by atoms with Crippen LogP contribution < -0.4 is 0 Å². The minimum absolute atomic E-state index is 0.0587. The van der Waals surface area contributed by atoms with Gasteiger partial charge >= 0.3 is 0 Å². The lowest BCUT2D eigenvalue weighted by Gasteiger charge is -2.49. The lowest BCUT2D eigenvalue weighted by atomic mass is 9.97. The summed E-state index contributed by atoms with van der Waals surface area (Å²) in [6.45, 7) is 1.65. The number of hydrogen-bond acceptors (Lipinski definition) is 12. The van der Waals surface area contributed by atoms with E-state index in [4.69, 9.17) is 56.8 Å². The van der Waals surface area contributed by atoms with Crippen LogP contribution in [-0.2, 0) is 89.9 Å². The van der Waals surface area contributed by atoms with Crippen molar-refractivity contribution in [3.63, 3.8) is 0 Å². The Kier molecular flexibility index (Phi) is 17.5. The number of benzene rings is 6. The summed E-state index contributed by atoms with van der Waals surface area (Å²) in [7, 11) is 1.60. The van der Waals surface area contributed by atoms with E-state index in [2.05, 4.69) is 0 Å². The molecule has 3 heterocycles. The summed E-state index contributed by atoms with van der Waals surface area (Å²) in [5.74, 6) is 0. The second-order valence-electron chi connectivity index (χ2n) is 17.0. The molecule has 0 bridgehead atoms. The van der Waals surface area contributed by atoms with Crippen LogP contribution in [0.4, 0.5) is 0 Å². The highest BCUT2D eigenvalue weighted by molar-refractivity contribution is 5.19. The molecule has 68 heavy (non-hydrogen) atoms. The molecule has 356 valence electrons. The molecule has 3 aliphatic heterocycles. The van der Waals surface area contributed by atoms with Gasteiger partial charge in [0, 0.05) is 12.7 Å². The molecule has 6 aromatic rings. The van der Waals surface area contributed by atoms with Crippen molar-refractivity contribution >= 4 is 0 Å². The topological polar surface area (TPSA) is 111 Å². The van der Waals surface area contributed by atoms with Gasteiger partial charge in [-0.1, -0.05) is 182 Å². The number of ether oxygens (including phenoxy) is 12. The Hall–Kier alpha value is -5.16. The molecule has 0 spiro atoms. The summed E-state index contributed by atoms with van der Waals surface area (Å²) in [5.41, 5.74) is 5.90. The molecule has 3 fully saturated rings. The largest absolute Gasteiger partial charge is 0.368 e. The van der Waals surface area contributed by atoms with Gasteiger partial charge < -0.3 is 56.8 Å². The predicted molar refractivity (Wildman–Crippen MR) is 251 cm³/mol. The zero-order chi connectivity index (χ0) is 46.2. The van der Waals surface area contributed by atoms with Crippen LogP contribution in [0.3, 0.4) is 0 Å². The summed E-state index contributed by atoms with van der Waals surface area (Å²) in [6, 6.07) is 59.9. The monoisotopic (exact) mass is 924 g/mol. The van der Waals surface area contributed by atoms with Gasteiger partial charge in [-0.25, -0.2) is 0 Å². The molecule has 0 N–H and O–H groups in total. The maximum atomic E-state index is 6.80. The molecule has 9 rings (SSSR count). The molecule has 3 aliphatic rings. The maximum Gasteiger partial charge on any atom is 0.189 e. The van der Waals surface area contributed by atoms with Crippen LogP contribution in [-0.4, -0.2) is 88.5 Å². The molecular weight excluding hydrogens is 865 g/mol. The third kappa shape index (κ3) is 12.9. The maximum absolute atomic E-state index is 6.80. The van der Waals surface area contributed by atoms with Crippen molar-refractivity contribution < 1.29 is 56.8 Å². The number of fused-ring (bicyclic) bond motifs is 1. The molecule has 0 amide bonds. The second-order valence-corrected chi connectivity index (χ2v) is 17.0. The molecule has 12 heteroatoms. The highest BCUT2D eigenvalue weighted by Gasteiger charge is 2.53. The van der Waals surface area contributed by atoms with Crippen molar-refractivity contribution in [2.45, 2.75) is 101 Å². The first-order valence-electron chi connectivity index (χ1n) is 23.3. The van der Waals surface area contributed by atoms with Crippen LogP contribution in [0.15, 0.2) is 182 Å². The Morgan fingerprint density at radius 3 is 1.29 bits per heavy atom. The predicted octanol–water partition coefficient (Wildman–Crippen LogP) is 9.11. The summed E-state index contributed by atoms with van der Waals surface area (Å²) in [4.78, 5) is 0. The number of methoxy groups -OCH3 is 1. The Morgan fingerprint density at radius 1 is 0.412 bits per heavy atom. The normalized spacial score (nSPS) is 27.0. The molecule has 0 saturated carbocycles. The van der Waals surface area contributed by atoms with Crippen LogP contribution >= 0.6 is 0 Å². The molecule has 1 unspecified atom stereocenters. The van der Waals surface area contributed by atoms with Gasteiger partial charge in [0.25, 0.3) is 0 Å². The van der Waals surface area contributed by atoms with Crippen LogP contribution in [0.25, 0.3) is 0 Å². The van der Waals surface area contributed by atoms with Crippen LogP contribution in [0, 0.1) is 0 Å². The Labute approximate surface area is 398 Å². The summed E-state index contributed by atoms with van der Waals surface area (Å²) >= 11 is 0. The quantitative estimate of drug-likeness (QED) is 0.0479. The van der Waals surface area contributed by atoms with Gasteiger partial charge in [-0.15, -0.1) is 0 Å². The molecule has 11 atom stereocenters. The zero-order valence-corrected chi connectivity index (χ0v) is 38.2. The number of hydrogen-bond donors (Lipinski definition) is 0. The van der Waals surface area contributed by atoms with Gasteiger partial charge in [-0.3, -0.25) is 0 Å². The van der Waals surface area contributed by atoms with E-state index >= 15 is 0 Å². The van der Waals surface area contributed by atoms with Gasteiger partial charge in [0.2, 0.25) is 0 Å². The zero-order valence-electron chi connectivity index (χ0n) is 38.2. The van der Waals surface area contributed by atoms with Crippen molar-refractivity contribution in [2.75, 3.05) is 27.1 Å². The molecule has 3 saturated heterocycles. The van der Waals surface area contributed by atoms with E-state index in [0.717, 1.165) is 33.4 Å². The van der Waals surface area contributed by atoms with Crippen molar-refractivity contribution in [1.29, 1.82) is 0 Å². The van der Waals surface area contributed by atoms with E-state index in [1.807, 2.05) is 182 Å². The van der Waals surface area contributed by atoms with E-state index in [1.165, 1.54) is 0 Å². The van der Waals surface area contributed by atoms with E-state index in [1.54, 1.807) is 7.11 Å². The molecule has 6 aromatic carbocycles. The van der Waals surface area contributed by atoms with Crippen molar-refractivity contribution in [3.05, 3.63) is 215 Å². The van der Waals surface area contributed by atoms with Crippen molar-refractivity contribution in [3.8, 4) is 0 Å². The van der Waals surface area contributed by atoms with Crippen molar-refractivity contribution in [2.24, 2.45) is 0 Å². The minimum Gasteiger partial charge on any atom is -0.368 e. The van der Waals surface area contributed by atoms with Crippen LogP contribution in [0.2, 0.25) is 0 Å². The average Bonchev–Trinajstić information content (AvgIpc) is 3.40. The van der Waals surface area contributed by atoms with Crippen molar-refractivity contribution in [1.82, 2.24) is 0 Å². The average molecular weight is 925 g/mol. The van der Waals surface area contributed by atoms with Gasteiger partial charge in [0.15, 0.2) is 18.9 Å². The Bertz CT molecular complexity index is 2200. The lowest BCUT2D eigenvalue weighted by Crippen LogP contribution is -2.63. The third-order valence-corrected chi connectivity index (χ3v) is 12.2. The third-order valence-electron chi connectivity index (χ3n) is 12.2. The van der Waals surface area contributed by atoms with Gasteiger partial charge in [0.1, 0.15) is 55.6 Å². The van der Waals surface area contributed by atoms with Gasteiger partial charge in [-0.05, 0) is 27.8 Å². The standard InChI is InChI=1S/C56H60O12/c1-57-55-52(62-35-43-26-14-5-15-27-43)50(60-33-41-22-10-3-11-23-41)48(59-32-40-20-8-2-9-21-40)46(66-55)37-58-39-65-56-53(63-36-44-28-16-6-17-29-44)51(61-34-42-24-12-4-13-25-42)49-47(67-56)38-64-54(68-49)45-30-18-7-19-31-45/h2-31,46-56H,32-39H2,1H3/t46-,47-,48-,49-,50+,51+,52-,53+,54?,55+,56-/m1/s1. The highest BCUT2D eigenvalue weighted by atomic mass is 16.8. The highest BCUT2D eigenvalue weighted by Crippen LogP contribution is 2.38. The molecular formula is C56H60O12. The first kappa shape index (κ1) is 47.9. The molecule has 0 aliphatic carbocycles. The smallest absolute Gasteiger partial charge is 0.189 e. The van der Waals surface area contributed by atoms with Crippen LogP contribution in [0.1, 0.15) is 39.7 Å². The Morgan fingerprint density at radius 2 is 0.824 bits per heavy atom. The fourth-order valence-corrected chi connectivity index (χ4v) is 8.71. The van der Waals surface area contributed by atoms with E-state index in [-0.39, 0.29) is 26.6 Å². The van der Waals surface area contributed by atoms with Crippen LogP contribution in [0.5, 0.6) is 0 Å². The first-order chi connectivity index (χ1) is 33.7. The number of rotatable bonds is 22. The van der Waals surface area contributed by atoms with Gasteiger partial charge in [0.05, 0.1) is 46.2 Å². The summed E-state index contributed by atoms with van der Waals surface area (Å²) < 4.78 is 79.0. The van der Waals surface area contributed by atoms with E-state index in [9.17, 15) is 0 Å². The summed E-state index contributed by atoms with van der Waals surface area (Å²) in [6.07, 6.45) is -7.39. The SMILES string of the molecule is CO[C@H]1O[C@H](COCO[C@@H]2O[C@@H]3COC(c4ccccc4)O[C@H]3[C@H](OCc3ccccc3)[C@@H]2OCc2ccccc2)[C@@H](OCc2ccccc2)[C@H](OCc2ccccc2)[C@H]1OCc1ccccc1. The van der Waals surface area contributed by atoms with E-state index in [0.29, 0.717) is 26.4 Å². The molecule has 0 aromatic heterocycles. The molecule has 12 nitrogen and oxygen atoms in total. The Balaban J connectivity index is 0.943. The lowest BCUT2D eigenvalue weighted by molar-refractivity contribution is -0.380. The fourth-order valence-electron chi connectivity index (χ4n) is 8.71. The minimum atomic E-state index is -0.928.